The average Bonchev–Trinajstić information content (AvgIpc) is 3.00. The summed E-state index contributed by atoms with van der Waals surface area (Å²) in [5.74, 6) is 0.539. The Kier molecular flexibility index (Phi) is 5.59. The average molecular weight is 445 g/mol. The lowest BCUT2D eigenvalue weighted by atomic mass is 10.1. The predicted molar refractivity (Wildman–Crippen MR) is 102 cm³/mol. The van der Waals surface area contributed by atoms with Gasteiger partial charge in [0, 0.05) is 37.8 Å². The minimum Gasteiger partial charge on any atom is -0.496 e. The zero-order valence-electron chi connectivity index (χ0n) is 14.7. The molecule has 0 unspecified atom stereocenters. The minimum absolute atomic E-state index is 0.141. The number of fused-ring (bicyclic) bond motifs is 1. The molecule has 1 saturated heterocycles. The van der Waals surface area contributed by atoms with Crippen LogP contribution in [0.2, 0.25) is 0 Å². The largest absolute Gasteiger partial charge is 0.496 e. The highest BCUT2D eigenvalue weighted by Crippen LogP contribution is 2.33. The molecular formula is C17H21BrN2O5S. The van der Waals surface area contributed by atoms with E-state index in [9.17, 15) is 13.2 Å². The molecule has 1 aromatic carbocycles. The molecule has 7 nitrogen and oxygen atoms in total. The van der Waals surface area contributed by atoms with Gasteiger partial charge in [-0.2, -0.15) is 4.31 Å². The summed E-state index contributed by atoms with van der Waals surface area (Å²) in [6.07, 6.45) is 0.583. The second kappa shape index (κ2) is 7.58. The van der Waals surface area contributed by atoms with Crippen molar-refractivity contribution in [1.29, 1.82) is 0 Å². The van der Waals surface area contributed by atoms with E-state index in [1.54, 1.807) is 30.2 Å². The smallest absolute Gasteiger partial charge is 0.254 e. The Morgan fingerprint density at radius 2 is 1.92 bits per heavy atom. The van der Waals surface area contributed by atoms with Crippen LogP contribution in [0.3, 0.4) is 0 Å². The third-order valence-corrected chi connectivity index (χ3v) is 6.88. The van der Waals surface area contributed by atoms with Crippen molar-refractivity contribution >= 4 is 42.8 Å². The van der Waals surface area contributed by atoms with Gasteiger partial charge in [-0.05, 0) is 34.5 Å². The lowest BCUT2D eigenvalue weighted by Gasteiger charge is -2.34. The Hall–Kier alpha value is -1.58. The first kappa shape index (κ1) is 19.2. The maximum atomic E-state index is 12.8. The molecule has 2 heterocycles. The Balaban J connectivity index is 1.78. The quantitative estimate of drug-likeness (QED) is 0.707. The first-order chi connectivity index (χ1) is 12.4. The number of rotatable bonds is 5. The van der Waals surface area contributed by atoms with Crippen LogP contribution in [0.5, 0.6) is 5.75 Å². The van der Waals surface area contributed by atoms with Gasteiger partial charge in [0.25, 0.3) is 5.91 Å². The van der Waals surface area contributed by atoms with Crippen molar-refractivity contribution in [2.45, 2.75) is 13.3 Å². The van der Waals surface area contributed by atoms with Gasteiger partial charge < -0.3 is 14.1 Å². The van der Waals surface area contributed by atoms with E-state index in [2.05, 4.69) is 15.9 Å². The normalized spacial score (nSPS) is 16.2. The number of nitrogens with zero attached hydrogens (tertiary/aromatic N) is 2. The number of methoxy groups -OCH3 is 1. The van der Waals surface area contributed by atoms with Gasteiger partial charge in [-0.1, -0.05) is 6.92 Å². The summed E-state index contributed by atoms with van der Waals surface area (Å²) >= 11 is 3.28. The summed E-state index contributed by atoms with van der Waals surface area (Å²) in [6.45, 7) is 3.21. The van der Waals surface area contributed by atoms with E-state index in [4.69, 9.17) is 9.15 Å². The van der Waals surface area contributed by atoms with E-state index in [0.717, 1.165) is 5.39 Å². The topological polar surface area (TPSA) is 80.1 Å². The van der Waals surface area contributed by atoms with Crippen LogP contribution in [-0.4, -0.2) is 62.6 Å². The van der Waals surface area contributed by atoms with E-state index < -0.39 is 10.0 Å². The van der Waals surface area contributed by atoms with E-state index in [0.29, 0.717) is 54.2 Å². The fraction of sp³-hybridized carbons (Fsp3) is 0.471. The van der Waals surface area contributed by atoms with Crippen LogP contribution in [0.15, 0.2) is 27.3 Å². The first-order valence-corrected chi connectivity index (χ1v) is 10.8. The molecule has 1 aliphatic rings. The molecule has 26 heavy (non-hydrogen) atoms. The van der Waals surface area contributed by atoms with Crippen LogP contribution < -0.4 is 4.74 Å². The van der Waals surface area contributed by atoms with Gasteiger partial charge in [-0.15, -0.1) is 0 Å². The van der Waals surface area contributed by atoms with Gasteiger partial charge >= 0.3 is 0 Å². The Morgan fingerprint density at radius 3 is 2.54 bits per heavy atom. The third-order valence-electron chi connectivity index (χ3n) is 4.42. The van der Waals surface area contributed by atoms with Crippen LogP contribution in [0.25, 0.3) is 11.0 Å². The van der Waals surface area contributed by atoms with Gasteiger partial charge in [-0.25, -0.2) is 8.42 Å². The second-order valence-corrected chi connectivity index (χ2v) is 9.02. The number of hydrogen-bond donors (Lipinski definition) is 0. The molecule has 0 bridgehead atoms. The molecule has 0 N–H and O–H groups in total. The van der Waals surface area contributed by atoms with Crippen molar-refractivity contribution in [2.24, 2.45) is 0 Å². The highest BCUT2D eigenvalue weighted by Gasteiger charge is 2.29. The lowest BCUT2D eigenvalue weighted by molar-refractivity contribution is 0.0697. The van der Waals surface area contributed by atoms with Crippen molar-refractivity contribution in [1.82, 2.24) is 9.21 Å². The molecular weight excluding hydrogens is 424 g/mol. The Morgan fingerprint density at radius 1 is 1.23 bits per heavy atom. The van der Waals surface area contributed by atoms with Gasteiger partial charge in [0.1, 0.15) is 11.3 Å². The van der Waals surface area contributed by atoms with E-state index in [1.165, 1.54) is 4.31 Å². The predicted octanol–water partition coefficient (Wildman–Crippen LogP) is 2.70. The number of amides is 1. The zero-order chi connectivity index (χ0) is 18.9. The van der Waals surface area contributed by atoms with Gasteiger partial charge in [0.2, 0.25) is 10.0 Å². The summed E-state index contributed by atoms with van der Waals surface area (Å²) in [5, 5.41) is 0.784. The molecule has 0 saturated carbocycles. The van der Waals surface area contributed by atoms with Gasteiger partial charge in [0.05, 0.1) is 18.2 Å². The molecule has 0 radical (unpaired) electrons. The van der Waals surface area contributed by atoms with Crippen molar-refractivity contribution in [3.63, 3.8) is 0 Å². The molecule has 1 aromatic heterocycles. The SMILES string of the molecule is CCCS(=O)(=O)N1CCN(C(=O)c2cc(OC)c3cc(Br)oc3c2)CC1. The number of carbonyl (C=O) groups excluding carboxylic acids is 1. The van der Waals surface area contributed by atoms with Crippen molar-refractivity contribution in [3.05, 3.63) is 28.4 Å². The lowest BCUT2D eigenvalue weighted by Crippen LogP contribution is -2.51. The standard InChI is InChI=1S/C17H21BrN2O5S/c1-3-8-26(22,23)20-6-4-19(5-7-20)17(21)12-9-14(24-2)13-11-16(18)25-15(13)10-12/h9-11H,3-8H2,1-2H3. The van der Waals surface area contributed by atoms with Gasteiger partial charge in [0.15, 0.2) is 4.67 Å². The van der Waals surface area contributed by atoms with Crippen LogP contribution in [0.4, 0.5) is 0 Å². The van der Waals surface area contributed by atoms with Gasteiger partial charge in [-0.3, -0.25) is 4.79 Å². The fourth-order valence-corrected chi connectivity index (χ4v) is 5.00. The van der Waals surface area contributed by atoms with Crippen molar-refractivity contribution in [2.75, 3.05) is 39.0 Å². The summed E-state index contributed by atoms with van der Waals surface area (Å²) in [7, 11) is -1.69. The summed E-state index contributed by atoms with van der Waals surface area (Å²) in [6, 6.07) is 5.16. The first-order valence-electron chi connectivity index (χ1n) is 8.40. The van der Waals surface area contributed by atoms with E-state index >= 15 is 0 Å². The third kappa shape index (κ3) is 3.74. The number of piperazine rings is 1. The minimum atomic E-state index is -3.23. The second-order valence-electron chi connectivity index (χ2n) is 6.15. The highest BCUT2D eigenvalue weighted by atomic mass is 79.9. The van der Waals surface area contributed by atoms with Crippen LogP contribution in [-0.2, 0) is 10.0 Å². The van der Waals surface area contributed by atoms with E-state index in [1.807, 2.05) is 6.92 Å². The highest BCUT2D eigenvalue weighted by molar-refractivity contribution is 9.10. The molecule has 142 valence electrons. The number of sulfonamides is 1. The van der Waals surface area contributed by atoms with Crippen LogP contribution in [0.1, 0.15) is 23.7 Å². The Labute approximate surface area is 161 Å². The number of hydrogen-bond acceptors (Lipinski definition) is 5. The molecule has 1 fully saturated rings. The van der Waals surface area contributed by atoms with Crippen molar-refractivity contribution in [3.8, 4) is 5.75 Å². The zero-order valence-corrected chi connectivity index (χ0v) is 17.1. The summed E-state index contributed by atoms with van der Waals surface area (Å²) < 4.78 is 37.3. The molecule has 9 heteroatoms. The number of ether oxygens (including phenoxy) is 1. The van der Waals surface area contributed by atoms with Crippen LogP contribution >= 0.6 is 15.9 Å². The molecule has 0 spiro atoms. The molecule has 0 atom stereocenters. The number of halogens is 1. The number of benzene rings is 1. The molecule has 2 aromatic rings. The number of furan rings is 1. The Bertz CT molecular complexity index is 917. The van der Waals surface area contributed by atoms with Crippen LogP contribution in [0, 0.1) is 0 Å². The maximum Gasteiger partial charge on any atom is 0.254 e. The molecule has 1 aliphatic heterocycles. The maximum absolute atomic E-state index is 12.8. The monoisotopic (exact) mass is 444 g/mol. The summed E-state index contributed by atoms with van der Waals surface area (Å²) in [4.78, 5) is 14.5. The van der Waals surface area contributed by atoms with Crippen molar-refractivity contribution < 1.29 is 22.4 Å². The summed E-state index contributed by atoms with van der Waals surface area (Å²) in [5.41, 5.74) is 1.02. The molecule has 0 aliphatic carbocycles. The molecule has 3 rings (SSSR count). The number of carbonyl (C=O) groups is 1. The fourth-order valence-electron chi connectivity index (χ4n) is 3.11. The van der Waals surface area contributed by atoms with E-state index in [-0.39, 0.29) is 11.7 Å². The molecule has 1 amide bonds.